The van der Waals surface area contributed by atoms with E-state index in [1.54, 1.807) is 12.1 Å². The predicted octanol–water partition coefficient (Wildman–Crippen LogP) is 4.04. The molecule has 0 saturated carbocycles. The second kappa shape index (κ2) is 6.97. The van der Waals surface area contributed by atoms with E-state index in [0.717, 1.165) is 5.56 Å². The summed E-state index contributed by atoms with van der Waals surface area (Å²) in [6.45, 7) is 1.51. The molecule has 0 aliphatic heterocycles. The fraction of sp³-hybridized carbons (Fsp3) is 0.176. The van der Waals surface area contributed by atoms with Crippen molar-refractivity contribution < 1.29 is 17.7 Å². The number of methoxy groups -OCH3 is 1. The van der Waals surface area contributed by atoms with Crippen LogP contribution in [0.2, 0.25) is 0 Å². The number of ether oxygens (including phenoxy) is 1. The molecule has 6 nitrogen and oxygen atoms in total. The number of nitrogens with zero attached hydrogens (tertiary/aromatic N) is 2. The van der Waals surface area contributed by atoms with E-state index in [9.17, 15) is 8.42 Å². The van der Waals surface area contributed by atoms with Crippen LogP contribution in [-0.4, -0.2) is 25.7 Å². The van der Waals surface area contributed by atoms with E-state index < -0.39 is 15.1 Å². The third-order valence-electron chi connectivity index (χ3n) is 3.72. The highest BCUT2D eigenvalue weighted by Crippen LogP contribution is 2.35. The maximum absolute atomic E-state index is 13.0. The molecule has 0 N–H and O–H groups in total. The number of rotatable bonds is 5. The van der Waals surface area contributed by atoms with Gasteiger partial charge in [0, 0.05) is 10.0 Å². The van der Waals surface area contributed by atoms with Crippen LogP contribution < -0.4 is 4.74 Å². The van der Waals surface area contributed by atoms with Gasteiger partial charge in [-0.1, -0.05) is 51.4 Å². The van der Waals surface area contributed by atoms with Crippen LogP contribution in [0.15, 0.2) is 62.4 Å². The van der Waals surface area contributed by atoms with Crippen molar-refractivity contribution in [1.29, 1.82) is 0 Å². The molecule has 1 unspecified atom stereocenters. The minimum atomic E-state index is -3.78. The maximum atomic E-state index is 13.0. The molecule has 3 rings (SSSR count). The maximum Gasteiger partial charge on any atom is 0.245 e. The Kier molecular flexibility index (Phi) is 4.91. The van der Waals surface area contributed by atoms with Crippen molar-refractivity contribution in [2.24, 2.45) is 0 Å². The fourth-order valence-corrected chi connectivity index (χ4v) is 4.28. The van der Waals surface area contributed by atoms with Gasteiger partial charge < -0.3 is 9.26 Å². The highest BCUT2D eigenvalue weighted by Gasteiger charge is 2.32. The first-order chi connectivity index (χ1) is 11.9. The summed E-state index contributed by atoms with van der Waals surface area (Å²) in [5.41, 5.74) is 0.752. The molecule has 1 aromatic heterocycles. The van der Waals surface area contributed by atoms with Gasteiger partial charge in [0.15, 0.2) is 9.84 Å². The van der Waals surface area contributed by atoms with Gasteiger partial charge in [0.05, 0.1) is 7.11 Å². The van der Waals surface area contributed by atoms with Crippen LogP contribution in [0.3, 0.4) is 0 Å². The minimum Gasteiger partial charge on any atom is -0.495 e. The summed E-state index contributed by atoms with van der Waals surface area (Å²) in [4.78, 5) is 4.31. The summed E-state index contributed by atoms with van der Waals surface area (Å²) in [6.07, 6.45) is 0. The van der Waals surface area contributed by atoms with Gasteiger partial charge >= 0.3 is 0 Å². The van der Waals surface area contributed by atoms with Crippen LogP contribution in [0.4, 0.5) is 0 Å². The molecule has 2 aromatic carbocycles. The van der Waals surface area contributed by atoms with Crippen LogP contribution in [-0.2, 0) is 9.84 Å². The molecule has 0 saturated heterocycles. The molecule has 0 spiro atoms. The Morgan fingerprint density at radius 2 is 1.88 bits per heavy atom. The summed E-state index contributed by atoms with van der Waals surface area (Å²) < 4.78 is 37.0. The van der Waals surface area contributed by atoms with E-state index in [2.05, 4.69) is 26.1 Å². The van der Waals surface area contributed by atoms with Gasteiger partial charge in [0.2, 0.25) is 11.7 Å². The van der Waals surface area contributed by atoms with E-state index in [4.69, 9.17) is 9.26 Å². The van der Waals surface area contributed by atoms with Crippen molar-refractivity contribution in [3.05, 3.63) is 58.9 Å². The van der Waals surface area contributed by atoms with Gasteiger partial charge in [-0.05, 0) is 25.1 Å². The van der Waals surface area contributed by atoms with Crippen molar-refractivity contribution in [3.63, 3.8) is 0 Å². The highest BCUT2D eigenvalue weighted by molar-refractivity contribution is 9.10. The fourth-order valence-electron chi connectivity index (χ4n) is 2.30. The molecule has 3 aromatic rings. The zero-order valence-electron chi connectivity index (χ0n) is 13.5. The number of sulfone groups is 1. The molecular formula is C17H15BrN2O4S. The number of aromatic nitrogens is 2. The van der Waals surface area contributed by atoms with Crippen LogP contribution in [0.5, 0.6) is 5.75 Å². The molecule has 0 aliphatic rings. The van der Waals surface area contributed by atoms with E-state index in [0.29, 0.717) is 10.3 Å². The number of halogens is 1. The van der Waals surface area contributed by atoms with Crippen molar-refractivity contribution in [2.75, 3.05) is 7.11 Å². The van der Waals surface area contributed by atoms with Gasteiger partial charge in [0.1, 0.15) is 15.9 Å². The molecule has 130 valence electrons. The van der Waals surface area contributed by atoms with Crippen LogP contribution in [0.1, 0.15) is 18.1 Å². The van der Waals surface area contributed by atoms with E-state index in [-0.39, 0.29) is 16.5 Å². The number of benzene rings is 2. The number of hydrogen-bond donors (Lipinski definition) is 0. The molecule has 0 fully saturated rings. The normalized spacial score (nSPS) is 12.8. The Morgan fingerprint density at radius 3 is 2.56 bits per heavy atom. The summed E-state index contributed by atoms with van der Waals surface area (Å²) in [6, 6.07) is 14.0. The molecule has 1 atom stereocenters. The van der Waals surface area contributed by atoms with Gasteiger partial charge in [-0.15, -0.1) is 0 Å². The third-order valence-corrected chi connectivity index (χ3v) is 6.28. The summed E-state index contributed by atoms with van der Waals surface area (Å²) in [5.74, 6) is 0.637. The Morgan fingerprint density at radius 1 is 1.16 bits per heavy atom. The van der Waals surface area contributed by atoms with E-state index in [1.807, 2.05) is 30.3 Å². The first-order valence-electron chi connectivity index (χ1n) is 7.40. The molecule has 0 radical (unpaired) electrons. The first kappa shape index (κ1) is 17.6. The Bertz CT molecular complexity index is 987. The second-order valence-electron chi connectivity index (χ2n) is 5.30. The third kappa shape index (κ3) is 3.45. The minimum absolute atomic E-state index is 0.0286. The van der Waals surface area contributed by atoms with Crippen molar-refractivity contribution in [2.45, 2.75) is 17.1 Å². The SMILES string of the molecule is COc1ccc(Br)cc1S(=O)(=O)C(C)c1nc(-c2ccccc2)no1. The molecule has 0 amide bonds. The summed E-state index contributed by atoms with van der Waals surface area (Å²) in [5, 5.41) is 2.87. The quantitative estimate of drug-likeness (QED) is 0.616. The lowest BCUT2D eigenvalue weighted by Crippen LogP contribution is -2.12. The zero-order valence-corrected chi connectivity index (χ0v) is 15.9. The lowest BCUT2D eigenvalue weighted by molar-refractivity contribution is 0.375. The van der Waals surface area contributed by atoms with Crippen LogP contribution in [0.25, 0.3) is 11.4 Å². The van der Waals surface area contributed by atoms with Gasteiger partial charge in [-0.25, -0.2) is 8.42 Å². The summed E-state index contributed by atoms with van der Waals surface area (Å²) >= 11 is 3.29. The molecular weight excluding hydrogens is 408 g/mol. The predicted molar refractivity (Wildman–Crippen MR) is 96.0 cm³/mol. The Labute approximate surface area is 153 Å². The van der Waals surface area contributed by atoms with Crippen molar-refractivity contribution in [1.82, 2.24) is 10.1 Å². The van der Waals surface area contributed by atoms with E-state index in [1.165, 1.54) is 20.1 Å². The molecule has 0 bridgehead atoms. The average Bonchev–Trinajstić information content (AvgIpc) is 3.11. The monoisotopic (exact) mass is 422 g/mol. The smallest absolute Gasteiger partial charge is 0.245 e. The lowest BCUT2D eigenvalue weighted by Gasteiger charge is -2.13. The van der Waals surface area contributed by atoms with Crippen molar-refractivity contribution >= 4 is 25.8 Å². The van der Waals surface area contributed by atoms with Gasteiger partial charge in [0.25, 0.3) is 0 Å². The van der Waals surface area contributed by atoms with Crippen LogP contribution >= 0.6 is 15.9 Å². The van der Waals surface area contributed by atoms with Gasteiger partial charge in [-0.2, -0.15) is 4.98 Å². The van der Waals surface area contributed by atoms with Crippen molar-refractivity contribution in [3.8, 4) is 17.1 Å². The number of hydrogen-bond acceptors (Lipinski definition) is 6. The summed E-state index contributed by atoms with van der Waals surface area (Å²) in [7, 11) is -2.35. The molecule has 25 heavy (non-hydrogen) atoms. The first-order valence-corrected chi connectivity index (χ1v) is 9.74. The average molecular weight is 423 g/mol. The zero-order chi connectivity index (χ0) is 18.0. The van der Waals surface area contributed by atoms with Crippen LogP contribution in [0, 0.1) is 0 Å². The molecule has 1 heterocycles. The molecule has 8 heteroatoms. The Balaban J connectivity index is 1.99. The van der Waals surface area contributed by atoms with E-state index >= 15 is 0 Å². The lowest BCUT2D eigenvalue weighted by atomic mass is 10.2. The molecule has 0 aliphatic carbocycles. The highest BCUT2D eigenvalue weighted by atomic mass is 79.9. The largest absolute Gasteiger partial charge is 0.495 e. The topological polar surface area (TPSA) is 82.3 Å². The van der Waals surface area contributed by atoms with Gasteiger partial charge in [-0.3, -0.25) is 0 Å². The second-order valence-corrected chi connectivity index (χ2v) is 8.46. The Hall–Kier alpha value is -2.19. The standard InChI is InChI=1S/C17H15BrN2O4S/c1-11(17-19-16(20-24-17)12-6-4-3-5-7-12)25(21,22)15-10-13(18)8-9-14(15)23-2/h3-11H,1-2H3.